The van der Waals surface area contributed by atoms with E-state index in [1.807, 2.05) is 45.0 Å². The maximum absolute atomic E-state index is 13.2. The summed E-state index contributed by atoms with van der Waals surface area (Å²) in [5.74, 6) is 0.848. The fourth-order valence-corrected chi connectivity index (χ4v) is 3.40. The second-order valence-corrected chi connectivity index (χ2v) is 7.17. The van der Waals surface area contributed by atoms with E-state index in [1.165, 1.54) is 0 Å². The molecule has 1 aliphatic rings. The van der Waals surface area contributed by atoms with E-state index in [1.54, 1.807) is 26.2 Å². The molecule has 3 rings (SSSR count). The molecular weight excluding hydrogens is 382 g/mol. The number of hydrogen-bond acceptors (Lipinski definition) is 4. The number of ether oxygens (including phenoxy) is 2. The fraction of sp³-hybridized carbons (Fsp3) is 0.304. The number of anilines is 1. The number of carbonyl (C=O) groups is 2. The SMILES string of the molecule is CCOc1ccc([C@@H]2NC(=O)NC(C)=C2C(=O)Nc2ccc(C)c(C)c2)cc1OC. The molecule has 2 aromatic carbocycles. The molecule has 30 heavy (non-hydrogen) atoms. The van der Waals surface area contributed by atoms with Crippen molar-refractivity contribution in [2.45, 2.75) is 33.7 Å². The van der Waals surface area contributed by atoms with Crippen molar-refractivity contribution in [1.29, 1.82) is 0 Å². The van der Waals surface area contributed by atoms with Gasteiger partial charge in [0, 0.05) is 11.4 Å². The van der Waals surface area contributed by atoms with E-state index >= 15 is 0 Å². The number of allylic oxidation sites excluding steroid dienone is 1. The van der Waals surface area contributed by atoms with Crippen molar-refractivity contribution in [1.82, 2.24) is 10.6 Å². The molecule has 0 bridgehead atoms. The average molecular weight is 409 g/mol. The Morgan fingerprint density at radius 1 is 1.07 bits per heavy atom. The summed E-state index contributed by atoms with van der Waals surface area (Å²) in [7, 11) is 1.55. The van der Waals surface area contributed by atoms with Crippen LogP contribution in [0.25, 0.3) is 0 Å². The Morgan fingerprint density at radius 2 is 1.83 bits per heavy atom. The molecule has 0 unspecified atom stereocenters. The van der Waals surface area contributed by atoms with Crippen molar-refractivity contribution >= 4 is 17.6 Å². The lowest BCUT2D eigenvalue weighted by atomic mass is 9.94. The summed E-state index contributed by atoms with van der Waals surface area (Å²) in [4.78, 5) is 25.3. The van der Waals surface area contributed by atoms with E-state index < -0.39 is 6.04 Å². The highest BCUT2D eigenvalue weighted by Crippen LogP contribution is 2.34. The van der Waals surface area contributed by atoms with E-state index in [0.29, 0.717) is 35.1 Å². The summed E-state index contributed by atoms with van der Waals surface area (Å²) in [6, 6.07) is 10.1. The van der Waals surface area contributed by atoms with Gasteiger partial charge in [0.15, 0.2) is 11.5 Å². The molecule has 1 atom stereocenters. The molecule has 0 radical (unpaired) electrons. The van der Waals surface area contributed by atoms with Crippen LogP contribution in [0.3, 0.4) is 0 Å². The quantitative estimate of drug-likeness (QED) is 0.673. The number of benzene rings is 2. The highest BCUT2D eigenvalue weighted by Gasteiger charge is 2.31. The monoisotopic (exact) mass is 409 g/mol. The number of nitrogens with one attached hydrogen (secondary N) is 3. The maximum Gasteiger partial charge on any atom is 0.319 e. The average Bonchev–Trinajstić information content (AvgIpc) is 2.70. The Labute approximate surface area is 176 Å². The van der Waals surface area contributed by atoms with Crippen molar-refractivity contribution in [2.24, 2.45) is 0 Å². The minimum absolute atomic E-state index is 0.291. The second kappa shape index (κ2) is 8.90. The normalized spacial score (nSPS) is 15.9. The van der Waals surface area contributed by atoms with E-state index in [4.69, 9.17) is 9.47 Å². The van der Waals surface area contributed by atoms with Crippen LogP contribution in [0.4, 0.5) is 10.5 Å². The Kier molecular flexibility index (Phi) is 6.30. The molecule has 1 aliphatic heterocycles. The van der Waals surface area contributed by atoms with Crippen molar-refractivity contribution in [3.05, 3.63) is 64.4 Å². The fourth-order valence-electron chi connectivity index (χ4n) is 3.40. The van der Waals surface area contributed by atoms with Crippen LogP contribution in [-0.4, -0.2) is 25.7 Å². The van der Waals surface area contributed by atoms with Crippen LogP contribution < -0.4 is 25.4 Å². The van der Waals surface area contributed by atoms with Gasteiger partial charge in [-0.3, -0.25) is 4.79 Å². The molecule has 7 nitrogen and oxygen atoms in total. The van der Waals surface area contributed by atoms with Gasteiger partial charge in [-0.25, -0.2) is 4.79 Å². The summed E-state index contributed by atoms with van der Waals surface area (Å²) in [6.45, 7) is 8.12. The highest BCUT2D eigenvalue weighted by molar-refractivity contribution is 6.06. The van der Waals surface area contributed by atoms with E-state index in [9.17, 15) is 9.59 Å². The Hall–Kier alpha value is -3.48. The first-order valence-electron chi connectivity index (χ1n) is 9.81. The van der Waals surface area contributed by atoms with E-state index in [2.05, 4.69) is 16.0 Å². The van der Waals surface area contributed by atoms with Crippen LogP contribution in [0.1, 0.15) is 36.6 Å². The first-order valence-corrected chi connectivity index (χ1v) is 9.81. The third-order valence-corrected chi connectivity index (χ3v) is 5.10. The Balaban J connectivity index is 1.96. The van der Waals surface area contributed by atoms with Gasteiger partial charge in [0.25, 0.3) is 5.91 Å². The zero-order valence-electron chi connectivity index (χ0n) is 17.9. The summed E-state index contributed by atoms with van der Waals surface area (Å²) in [6.07, 6.45) is 0. The number of aryl methyl sites for hydroxylation is 2. The molecular formula is C23H27N3O4. The predicted molar refractivity (Wildman–Crippen MR) is 116 cm³/mol. The van der Waals surface area contributed by atoms with Gasteiger partial charge in [0.1, 0.15) is 0 Å². The van der Waals surface area contributed by atoms with Gasteiger partial charge in [-0.15, -0.1) is 0 Å². The van der Waals surface area contributed by atoms with Crippen molar-refractivity contribution in [3.8, 4) is 11.5 Å². The first-order chi connectivity index (χ1) is 14.3. The van der Waals surface area contributed by atoms with Crippen LogP contribution in [0.5, 0.6) is 11.5 Å². The van der Waals surface area contributed by atoms with Crippen LogP contribution in [0, 0.1) is 13.8 Å². The zero-order valence-corrected chi connectivity index (χ0v) is 17.9. The molecule has 3 N–H and O–H groups in total. The van der Waals surface area contributed by atoms with Crippen LogP contribution in [-0.2, 0) is 4.79 Å². The lowest BCUT2D eigenvalue weighted by Gasteiger charge is -2.29. The third kappa shape index (κ3) is 4.40. The van der Waals surface area contributed by atoms with Gasteiger partial charge in [-0.2, -0.15) is 0 Å². The van der Waals surface area contributed by atoms with Crippen molar-refractivity contribution in [2.75, 3.05) is 19.0 Å². The molecule has 0 saturated carbocycles. The number of rotatable bonds is 6. The Morgan fingerprint density at radius 3 is 2.50 bits per heavy atom. The summed E-state index contributed by atoms with van der Waals surface area (Å²) < 4.78 is 11.0. The summed E-state index contributed by atoms with van der Waals surface area (Å²) >= 11 is 0. The van der Waals surface area contributed by atoms with Gasteiger partial charge < -0.3 is 25.4 Å². The van der Waals surface area contributed by atoms with Gasteiger partial charge in [-0.05, 0) is 68.7 Å². The topological polar surface area (TPSA) is 88.7 Å². The standard InChI is InChI=1S/C23H27N3O4/c1-6-30-18-10-8-16(12-19(18)29-5)21-20(15(4)24-23(28)26-21)22(27)25-17-9-7-13(2)14(3)11-17/h7-12,21H,6H2,1-5H3,(H,25,27)(H2,24,26,28)/t21-/m0/s1. The molecule has 0 spiro atoms. The number of amides is 3. The molecule has 0 aliphatic carbocycles. The van der Waals surface area contributed by atoms with Crippen LogP contribution in [0.15, 0.2) is 47.7 Å². The predicted octanol–water partition coefficient (Wildman–Crippen LogP) is 3.98. The zero-order chi connectivity index (χ0) is 21.8. The molecule has 2 aromatic rings. The molecule has 158 valence electrons. The van der Waals surface area contributed by atoms with E-state index in [-0.39, 0.29) is 11.9 Å². The highest BCUT2D eigenvalue weighted by atomic mass is 16.5. The van der Waals surface area contributed by atoms with E-state index in [0.717, 1.165) is 16.7 Å². The smallest absolute Gasteiger partial charge is 0.319 e. The lowest BCUT2D eigenvalue weighted by molar-refractivity contribution is -0.113. The number of hydrogen-bond donors (Lipinski definition) is 3. The lowest BCUT2D eigenvalue weighted by Crippen LogP contribution is -2.46. The third-order valence-electron chi connectivity index (χ3n) is 5.10. The number of urea groups is 1. The summed E-state index contributed by atoms with van der Waals surface area (Å²) in [5, 5.41) is 8.47. The summed E-state index contributed by atoms with van der Waals surface area (Å²) in [5.41, 5.74) is 4.57. The molecule has 3 amide bonds. The molecule has 7 heteroatoms. The molecule has 0 fully saturated rings. The second-order valence-electron chi connectivity index (χ2n) is 7.17. The van der Waals surface area contributed by atoms with Gasteiger partial charge in [-0.1, -0.05) is 12.1 Å². The number of methoxy groups -OCH3 is 1. The molecule has 1 heterocycles. The van der Waals surface area contributed by atoms with Gasteiger partial charge in [0.2, 0.25) is 0 Å². The van der Waals surface area contributed by atoms with Crippen LogP contribution in [0.2, 0.25) is 0 Å². The maximum atomic E-state index is 13.2. The van der Waals surface area contributed by atoms with Gasteiger partial charge >= 0.3 is 6.03 Å². The van der Waals surface area contributed by atoms with Gasteiger partial charge in [0.05, 0.1) is 25.3 Å². The minimum Gasteiger partial charge on any atom is -0.493 e. The molecule has 0 saturated heterocycles. The van der Waals surface area contributed by atoms with Crippen molar-refractivity contribution in [3.63, 3.8) is 0 Å². The Bertz CT molecular complexity index is 1010. The number of carbonyl (C=O) groups excluding carboxylic acids is 2. The largest absolute Gasteiger partial charge is 0.493 e. The molecule has 0 aromatic heterocycles. The van der Waals surface area contributed by atoms with Crippen molar-refractivity contribution < 1.29 is 19.1 Å². The van der Waals surface area contributed by atoms with Crippen LogP contribution >= 0.6 is 0 Å². The minimum atomic E-state index is -0.630. The first kappa shape index (κ1) is 21.2.